The zero-order chi connectivity index (χ0) is 27.6. The molecule has 0 aliphatic carbocycles. The number of Topliss-reactive ketones (excluding diaryl/α,β-unsaturated/α-hetero) is 1. The summed E-state index contributed by atoms with van der Waals surface area (Å²) in [5, 5.41) is 41.9. The number of nitriles is 1. The van der Waals surface area contributed by atoms with Crippen LogP contribution in [0.2, 0.25) is 0 Å². The predicted octanol–water partition coefficient (Wildman–Crippen LogP) is 4.83. The molecule has 1 aliphatic heterocycles. The molecule has 0 radical (unpaired) electrons. The predicted molar refractivity (Wildman–Crippen MR) is 137 cm³/mol. The Morgan fingerprint density at radius 1 is 1.13 bits per heavy atom. The second-order valence-electron chi connectivity index (χ2n) is 9.07. The van der Waals surface area contributed by atoms with E-state index in [0.29, 0.717) is 17.9 Å². The molecule has 10 heteroatoms. The molecule has 1 atom stereocenters. The Morgan fingerprint density at radius 2 is 1.84 bits per heavy atom. The van der Waals surface area contributed by atoms with Gasteiger partial charge in [0.1, 0.15) is 11.5 Å². The maximum atomic E-state index is 13.3. The number of anilines is 1. The third-order valence-electron chi connectivity index (χ3n) is 5.92. The Bertz CT molecular complexity index is 1500. The molecule has 38 heavy (non-hydrogen) atoms. The first kappa shape index (κ1) is 25.9. The third kappa shape index (κ3) is 4.90. The fourth-order valence-corrected chi connectivity index (χ4v) is 4.12. The first-order valence-corrected chi connectivity index (χ1v) is 11.6. The number of aromatic hydroxyl groups is 1. The minimum absolute atomic E-state index is 0.117. The number of aliphatic hydroxyl groups is 1. The summed E-state index contributed by atoms with van der Waals surface area (Å²) in [6, 6.07) is 16.4. The Balaban J connectivity index is 1.92. The number of ketones is 1. The van der Waals surface area contributed by atoms with E-state index in [9.17, 15) is 29.9 Å². The lowest BCUT2D eigenvalue weighted by Gasteiger charge is -2.25. The number of nitro benzene ring substituents is 1. The fraction of sp³-hybridized carbons (Fsp3) is 0.179. The second-order valence-corrected chi connectivity index (χ2v) is 9.07. The highest BCUT2D eigenvalue weighted by Crippen LogP contribution is 2.44. The van der Waals surface area contributed by atoms with Crippen LogP contribution in [-0.4, -0.2) is 33.4 Å². The Hall–Kier alpha value is -5.17. The number of amides is 1. The molecule has 1 amide bonds. The first-order valence-electron chi connectivity index (χ1n) is 11.6. The number of carbonyl (C=O) groups is 2. The Morgan fingerprint density at radius 3 is 2.47 bits per heavy atom. The van der Waals surface area contributed by atoms with Crippen LogP contribution < -0.4 is 9.64 Å². The summed E-state index contributed by atoms with van der Waals surface area (Å²) in [5.41, 5.74) is -0.0354. The Labute approximate surface area is 217 Å². The number of phenols is 1. The molecule has 0 bridgehead atoms. The molecular formula is C28H23N3O7. The van der Waals surface area contributed by atoms with Gasteiger partial charge in [-0.1, -0.05) is 32.0 Å². The second kappa shape index (κ2) is 10.4. The average Bonchev–Trinajstić information content (AvgIpc) is 3.17. The molecule has 1 aliphatic rings. The molecule has 0 aromatic heterocycles. The van der Waals surface area contributed by atoms with Crippen LogP contribution in [0.25, 0.3) is 5.76 Å². The molecule has 1 saturated heterocycles. The van der Waals surface area contributed by atoms with E-state index in [1.165, 1.54) is 36.4 Å². The van der Waals surface area contributed by atoms with E-state index >= 15 is 0 Å². The zero-order valence-electron chi connectivity index (χ0n) is 20.5. The van der Waals surface area contributed by atoms with E-state index in [2.05, 4.69) is 0 Å². The van der Waals surface area contributed by atoms with Gasteiger partial charge in [-0.25, -0.2) is 0 Å². The number of carbonyl (C=O) groups excluding carboxylic acids is 2. The molecule has 1 fully saturated rings. The summed E-state index contributed by atoms with van der Waals surface area (Å²) in [7, 11) is 0. The number of aliphatic hydroxyl groups excluding tert-OH is 1. The lowest BCUT2D eigenvalue weighted by Crippen LogP contribution is -2.29. The number of rotatable bonds is 7. The summed E-state index contributed by atoms with van der Waals surface area (Å²) in [4.78, 5) is 38.4. The number of ether oxygens (including phenoxy) is 1. The molecule has 3 aromatic carbocycles. The number of hydrogen-bond acceptors (Lipinski definition) is 8. The molecule has 1 unspecified atom stereocenters. The smallest absolute Gasteiger partial charge is 0.311 e. The lowest BCUT2D eigenvalue weighted by molar-refractivity contribution is -0.385. The van der Waals surface area contributed by atoms with Crippen molar-refractivity contribution in [2.24, 2.45) is 5.92 Å². The van der Waals surface area contributed by atoms with Gasteiger partial charge in [0.2, 0.25) is 0 Å². The number of hydrogen-bond donors (Lipinski definition) is 2. The molecule has 1 heterocycles. The molecule has 3 aromatic rings. The van der Waals surface area contributed by atoms with Crippen molar-refractivity contribution in [1.82, 2.24) is 0 Å². The zero-order valence-corrected chi connectivity index (χ0v) is 20.5. The quantitative estimate of drug-likeness (QED) is 0.150. The van der Waals surface area contributed by atoms with Crippen molar-refractivity contribution < 1.29 is 29.5 Å². The molecular weight excluding hydrogens is 490 g/mol. The van der Waals surface area contributed by atoms with Gasteiger partial charge < -0.3 is 14.9 Å². The van der Waals surface area contributed by atoms with Gasteiger partial charge in [0.15, 0.2) is 5.75 Å². The molecule has 4 rings (SSSR count). The van der Waals surface area contributed by atoms with E-state index < -0.39 is 39.9 Å². The van der Waals surface area contributed by atoms with Crippen LogP contribution in [0.1, 0.15) is 36.6 Å². The average molecular weight is 514 g/mol. The highest BCUT2D eigenvalue weighted by molar-refractivity contribution is 6.51. The maximum Gasteiger partial charge on any atom is 0.311 e. The van der Waals surface area contributed by atoms with Crippen molar-refractivity contribution in [2.75, 3.05) is 11.5 Å². The van der Waals surface area contributed by atoms with Gasteiger partial charge in [0.25, 0.3) is 11.7 Å². The van der Waals surface area contributed by atoms with Crippen LogP contribution in [0.15, 0.2) is 72.3 Å². The highest BCUT2D eigenvalue weighted by atomic mass is 16.6. The first-order chi connectivity index (χ1) is 18.1. The Kier molecular flexibility index (Phi) is 7.12. The van der Waals surface area contributed by atoms with Gasteiger partial charge in [-0.3, -0.25) is 24.6 Å². The topological polar surface area (TPSA) is 154 Å². The number of nitro groups is 1. The molecule has 192 valence electrons. The van der Waals surface area contributed by atoms with Crippen LogP contribution in [0.3, 0.4) is 0 Å². The summed E-state index contributed by atoms with van der Waals surface area (Å²) >= 11 is 0. The van der Waals surface area contributed by atoms with Crippen LogP contribution >= 0.6 is 0 Å². The molecule has 0 saturated carbocycles. The van der Waals surface area contributed by atoms with Crippen LogP contribution in [0.5, 0.6) is 11.5 Å². The van der Waals surface area contributed by atoms with E-state index in [4.69, 9.17) is 10.00 Å². The van der Waals surface area contributed by atoms with Crippen LogP contribution in [-0.2, 0) is 9.59 Å². The summed E-state index contributed by atoms with van der Waals surface area (Å²) in [6.45, 7) is 4.38. The van der Waals surface area contributed by atoms with Gasteiger partial charge in [-0.2, -0.15) is 5.26 Å². The van der Waals surface area contributed by atoms with Gasteiger partial charge in [-0.05, 0) is 53.9 Å². The molecule has 10 nitrogen and oxygen atoms in total. The van der Waals surface area contributed by atoms with E-state index in [1.807, 2.05) is 19.9 Å². The van der Waals surface area contributed by atoms with Gasteiger partial charge in [0.05, 0.1) is 34.8 Å². The molecule has 2 N–H and O–H groups in total. The van der Waals surface area contributed by atoms with Crippen molar-refractivity contribution in [1.29, 1.82) is 5.26 Å². The van der Waals surface area contributed by atoms with Crippen molar-refractivity contribution >= 4 is 28.8 Å². The van der Waals surface area contributed by atoms with Gasteiger partial charge >= 0.3 is 5.69 Å². The highest BCUT2D eigenvalue weighted by Gasteiger charge is 2.47. The lowest BCUT2D eigenvalue weighted by atomic mass is 9.94. The SMILES string of the molecule is CC(C)COc1cccc(/C(O)=C2/C(=O)C(=O)N(c3ccc(C#N)cc3)C2c2ccc(O)c([N+](=O)[O-])c2)c1. The van der Waals surface area contributed by atoms with Gasteiger partial charge in [-0.15, -0.1) is 0 Å². The van der Waals surface area contributed by atoms with E-state index in [-0.39, 0.29) is 28.3 Å². The number of benzene rings is 3. The summed E-state index contributed by atoms with van der Waals surface area (Å²) in [5.74, 6) is -2.36. The minimum atomic E-state index is -1.26. The van der Waals surface area contributed by atoms with Crippen LogP contribution in [0, 0.1) is 27.4 Å². The summed E-state index contributed by atoms with van der Waals surface area (Å²) in [6.07, 6.45) is 0. The molecule has 0 spiro atoms. The maximum absolute atomic E-state index is 13.3. The van der Waals surface area contributed by atoms with Crippen molar-refractivity contribution in [3.05, 3.63) is 99.1 Å². The summed E-state index contributed by atoms with van der Waals surface area (Å²) < 4.78 is 5.72. The van der Waals surface area contributed by atoms with Crippen molar-refractivity contribution in [2.45, 2.75) is 19.9 Å². The third-order valence-corrected chi connectivity index (χ3v) is 5.92. The van der Waals surface area contributed by atoms with E-state index in [1.54, 1.807) is 18.2 Å². The van der Waals surface area contributed by atoms with Crippen molar-refractivity contribution in [3.8, 4) is 17.6 Å². The standard InChI is InChI=1S/C28H23N3O7/c1-16(2)15-38-21-5-3-4-19(12-21)26(33)24-25(18-8-11-23(32)22(13-18)31(36)37)30(28(35)27(24)34)20-9-6-17(14-29)7-10-20/h3-13,16,25,32-33H,15H2,1-2H3/b26-24-. The largest absolute Gasteiger partial charge is 0.507 e. The minimum Gasteiger partial charge on any atom is -0.507 e. The van der Waals surface area contributed by atoms with Crippen LogP contribution in [0.4, 0.5) is 11.4 Å². The number of phenolic OH excluding ortho intramolecular Hbond substituents is 1. The van der Waals surface area contributed by atoms with Crippen molar-refractivity contribution in [3.63, 3.8) is 0 Å². The van der Waals surface area contributed by atoms with E-state index in [0.717, 1.165) is 17.0 Å². The monoisotopic (exact) mass is 513 g/mol. The fourth-order valence-electron chi connectivity index (χ4n) is 4.12. The normalized spacial score (nSPS) is 16.5. The number of nitrogens with zero attached hydrogens (tertiary/aromatic N) is 3. The van der Waals surface area contributed by atoms with Gasteiger partial charge in [0, 0.05) is 17.3 Å².